The van der Waals surface area contributed by atoms with Crippen molar-refractivity contribution in [3.05, 3.63) is 41.5 Å². The molecule has 202 valence electrons. The van der Waals surface area contributed by atoms with Crippen LogP contribution in [0.1, 0.15) is 57.2 Å². The Morgan fingerprint density at radius 2 is 1.62 bits per heavy atom. The van der Waals surface area contributed by atoms with E-state index in [9.17, 15) is 31.1 Å². The van der Waals surface area contributed by atoms with Gasteiger partial charge in [-0.2, -0.15) is 26.3 Å². The predicted octanol–water partition coefficient (Wildman–Crippen LogP) is 8.52. The maximum absolute atomic E-state index is 13.8. The monoisotopic (exact) mass is 546 g/mol. The molecule has 0 radical (unpaired) electrons. The predicted molar refractivity (Wildman–Crippen MR) is 132 cm³/mol. The highest BCUT2D eigenvalue weighted by Gasteiger charge is 2.37. The molecule has 37 heavy (non-hydrogen) atoms. The summed E-state index contributed by atoms with van der Waals surface area (Å²) in [6.07, 6.45) is -6.54. The van der Waals surface area contributed by atoms with Crippen LogP contribution in [0.5, 0.6) is 0 Å². The Kier molecular flexibility index (Phi) is 7.15. The van der Waals surface area contributed by atoms with E-state index in [2.05, 4.69) is 0 Å². The number of halogens is 6. The van der Waals surface area contributed by atoms with Gasteiger partial charge in [-0.25, -0.2) is 4.79 Å². The number of aromatic nitrogens is 1. The smallest absolute Gasteiger partial charge is 0.417 e. The molecule has 0 N–H and O–H groups in total. The molecule has 0 aliphatic carbocycles. The number of nitrogens with zero attached hydrogens (tertiary/aromatic N) is 2. The summed E-state index contributed by atoms with van der Waals surface area (Å²) in [5, 5.41) is 0.296. The molecule has 4 rings (SSSR count). The number of rotatable bonds is 2. The van der Waals surface area contributed by atoms with Gasteiger partial charge >= 0.3 is 18.4 Å². The van der Waals surface area contributed by atoms with Crippen molar-refractivity contribution in [2.75, 3.05) is 19.3 Å². The number of hydrogen-bond donors (Lipinski definition) is 0. The normalized spacial score (nSPS) is 17.9. The highest BCUT2D eigenvalue weighted by molar-refractivity contribution is 7.98. The van der Waals surface area contributed by atoms with Crippen LogP contribution >= 0.6 is 11.8 Å². The van der Waals surface area contributed by atoms with Gasteiger partial charge in [-0.05, 0) is 76.6 Å². The molecular formula is C26H28F6N2O2S. The second-order valence-corrected chi connectivity index (χ2v) is 11.0. The minimum atomic E-state index is -4.65. The van der Waals surface area contributed by atoms with Crippen molar-refractivity contribution in [3.63, 3.8) is 0 Å². The van der Waals surface area contributed by atoms with Gasteiger partial charge in [-0.3, -0.25) is 0 Å². The fourth-order valence-electron chi connectivity index (χ4n) is 4.96. The highest BCUT2D eigenvalue weighted by atomic mass is 32.2. The molecule has 0 unspecified atom stereocenters. The molecule has 1 amide bonds. The summed E-state index contributed by atoms with van der Waals surface area (Å²) in [6, 6.07) is 5.37. The molecule has 0 bridgehead atoms. The lowest BCUT2D eigenvalue weighted by Gasteiger charge is -2.26. The summed E-state index contributed by atoms with van der Waals surface area (Å²) < 4.78 is 89.6. The van der Waals surface area contributed by atoms with Gasteiger partial charge in [0, 0.05) is 40.3 Å². The van der Waals surface area contributed by atoms with E-state index in [4.69, 9.17) is 4.74 Å². The van der Waals surface area contributed by atoms with Gasteiger partial charge in [-0.15, -0.1) is 11.8 Å². The number of thioether (sulfide) groups is 1. The average molecular weight is 547 g/mol. The molecule has 3 aromatic rings. The number of alkyl halides is 6. The SMILES string of the molecule is CSc1c(C(F)(F)F)ccc2c1c1cc(C(F)(F)F)ccc1n2[C@@H]1CCCN(C(=O)OC(C)(C)C)CC1. The fourth-order valence-corrected chi connectivity index (χ4v) is 5.78. The molecule has 0 saturated carbocycles. The van der Waals surface area contributed by atoms with Crippen molar-refractivity contribution in [2.45, 2.75) is 68.9 Å². The topological polar surface area (TPSA) is 34.5 Å². The molecule has 1 aliphatic rings. The van der Waals surface area contributed by atoms with Crippen LogP contribution in [0.2, 0.25) is 0 Å². The van der Waals surface area contributed by atoms with Crippen LogP contribution in [-0.2, 0) is 17.1 Å². The van der Waals surface area contributed by atoms with E-state index >= 15 is 0 Å². The summed E-state index contributed by atoms with van der Waals surface area (Å²) in [6.45, 7) is 6.14. The van der Waals surface area contributed by atoms with Gasteiger partial charge in [0.25, 0.3) is 0 Å². The lowest BCUT2D eigenvalue weighted by atomic mass is 10.1. The van der Waals surface area contributed by atoms with Crippen LogP contribution < -0.4 is 0 Å². The average Bonchev–Trinajstić information content (AvgIpc) is 2.92. The number of hydrogen-bond acceptors (Lipinski definition) is 3. The van der Waals surface area contributed by atoms with E-state index in [-0.39, 0.29) is 21.7 Å². The summed E-state index contributed by atoms with van der Waals surface area (Å²) in [5.74, 6) is 0. The summed E-state index contributed by atoms with van der Waals surface area (Å²) in [4.78, 5) is 14.1. The van der Waals surface area contributed by atoms with Crippen LogP contribution in [0.3, 0.4) is 0 Å². The van der Waals surface area contributed by atoms with Gasteiger partial charge in [0.15, 0.2) is 0 Å². The minimum Gasteiger partial charge on any atom is -0.444 e. The zero-order valence-electron chi connectivity index (χ0n) is 20.9. The second kappa shape index (κ2) is 9.63. The van der Waals surface area contributed by atoms with Crippen molar-refractivity contribution in [3.8, 4) is 0 Å². The second-order valence-electron chi connectivity index (χ2n) is 10.2. The van der Waals surface area contributed by atoms with Crippen LogP contribution in [0.4, 0.5) is 31.1 Å². The Bertz CT molecular complexity index is 1320. The molecule has 4 nitrogen and oxygen atoms in total. The fraction of sp³-hybridized carbons (Fsp3) is 0.500. The quantitative estimate of drug-likeness (QED) is 0.239. The summed E-state index contributed by atoms with van der Waals surface area (Å²) >= 11 is 0.870. The molecule has 1 aliphatic heterocycles. The maximum atomic E-state index is 13.8. The number of ether oxygens (including phenoxy) is 1. The van der Waals surface area contributed by atoms with Gasteiger partial charge < -0.3 is 14.2 Å². The zero-order chi connectivity index (χ0) is 27.3. The first-order valence-corrected chi connectivity index (χ1v) is 13.1. The Morgan fingerprint density at radius 3 is 2.22 bits per heavy atom. The summed E-state index contributed by atoms with van der Waals surface area (Å²) in [7, 11) is 0. The van der Waals surface area contributed by atoms with Crippen molar-refractivity contribution in [1.29, 1.82) is 0 Å². The van der Waals surface area contributed by atoms with Crippen molar-refractivity contribution in [2.24, 2.45) is 0 Å². The lowest BCUT2D eigenvalue weighted by molar-refractivity contribution is -0.139. The minimum absolute atomic E-state index is 0.0999. The van der Waals surface area contributed by atoms with E-state index in [1.807, 2.05) is 4.57 Å². The largest absolute Gasteiger partial charge is 0.444 e. The van der Waals surface area contributed by atoms with E-state index in [1.54, 1.807) is 25.7 Å². The first-order chi connectivity index (χ1) is 17.1. The Hall–Kier alpha value is -2.56. The molecule has 1 atom stereocenters. The number of amides is 1. The number of carbonyl (C=O) groups excluding carboxylic acids is 1. The number of likely N-dealkylation sites (tertiary alicyclic amines) is 1. The van der Waals surface area contributed by atoms with Crippen LogP contribution in [0, 0.1) is 0 Å². The highest BCUT2D eigenvalue weighted by Crippen LogP contribution is 2.46. The molecule has 11 heteroatoms. The molecule has 2 heterocycles. The standard InChI is InChI=1S/C26H28F6N2O2S/c1-24(2,3)36-23(35)33-12-5-6-16(11-13-33)34-19-9-7-15(25(27,28)29)14-17(19)21-20(34)10-8-18(22(21)37-4)26(30,31)32/h7-10,14,16H,5-6,11-13H2,1-4H3/t16-/m1/s1. The Labute approximate surface area is 214 Å². The first kappa shape index (κ1) is 27.5. The van der Waals surface area contributed by atoms with Crippen LogP contribution in [0.15, 0.2) is 35.2 Å². The third-order valence-electron chi connectivity index (χ3n) is 6.47. The molecule has 1 saturated heterocycles. The maximum Gasteiger partial charge on any atom is 0.417 e. The Morgan fingerprint density at radius 1 is 0.946 bits per heavy atom. The van der Waals surface area contributed by atoms with Gasteiger partial charge in [0.2, 0.25) is 0 Å². The number of fused-ring (bicyclic) bond motifs is 3. The first-order valence-electron chi connectivity index (χ1n) is 11.9. The van der Waals surface area contributed by atoms with E-state index < -0.39 is 35.2 Å². The van der Waals surface area contributed by atoms with Crippen molar-refractivity contribution >= 4 is 39.7 Å². The molecule has 0 spiro atoms. The lowest BCUT2D eigenvalue weighted by Crippen LogP contribution is -2.37. The third-order valence-corrected chi connectivity index (χ3v) is 7.30. The molecule has 1 aromatic heterocycles. The van der Waals surface area contributed by atoms with E-state index in [1.165, 1.54) is 18.4 Å². The number of carbonyl (C=O) groups is 1. The molecule has 2 aromatic carbocycles. The zero-order valence-corrected chi connectivity index (χ0v) is 21.7. The number of benzene rings is 2. The van der Waals surface area contributed by atoms with E-state index in [0.29, 0.717) is 43.4 Å². The summed E-state index contributed by atoms with van der Waals surface area (Å²) in [5.41, 5.74) is -1.56. The van der Waals surface area contributed by atoms with Crippen LogP contribution in [0.25, 0.3) is 21.8 Å². The molecule has 1 fully saturated rings. The van der Waals surface area contributed by atoms with Crippen molar-refractivity contribution < 1.29 is 35.9 Å². The van der Waals surface area contributed by atoms with Gasteiger partial charge in [0.05, 0.1) is 16.6 Å². The van der Waals surface area contributed by atoms with E-state index in [0.717, 1.165) is 30.0 Å². The third kappa shape index (κ3) is 5.51. The van der Waals surface area contributed by atoms with Crippen LogP contribution in [-0.4, -0.2) is 40.5 Å². The van der Waals surface area contributed by atoms with Gasteiger partial charge in [-0.1, -0.05) is 0 Å². The van der Waals surface area contributed by atoms with Gasteiger partial charge in [0.1, 0.15) is 5.60 Å². The van der Waals surface area contributed by atoms with Crippen molar-refractivity contribution in [1.82, 2.24) is 9.47 Å². The Balaban J connectivity index is 1.87. The molecular weight excluding hydrogens is 518 g/mol.